The van der Waals surface area contributed by atoms with Gasteiger partial charge in [-0.2, -0.15) is 0 Å². The maximum Gasteiger partial charge on any atom is 0.191 e. The molecule has 0 amide bonds. The number of hydrogen-bond donors (Lipinski definition) is 2. The minimum Gasteiger partial charge on any atom is -0.469 e. The summed E-state index contributed by atoms with van der Waals surface area (Å²) < 4.78 is 16.8. The molecule has 1 unspecified atom stereocenters. The molecule has 8 heteroatoms. The first-order valence-corrected chi connectivity index (χ1v) is 11.8. The molecular weight excluding hydrogens is 531 g/mol. The molecule has 0 spiro atoms. The highest BCUT2D eigenvalue weighted by Gasteiger charge is 2.09. The topological polar surface area (TPSA) is 71.3 Å². The third-order valence-electron chi connectivity index (χ3n) is 5.50. The van der Waals surface area contributed by atoms with Crippen LogP contribution < -0.4 is 10.6 Å². The van der Waals surface area contributed by atoms with Crippen molar-refractivity contribution in [2.45, 2.75) is 32.3 Å². The molecule has 1 aromatic carbocycles. The molecule has 1 aliphatic heterocycles. The minimum atomic E-state index is 0. The van der Waals surface area contributed by atoms with Crippen LogP contribution in [-0.4, -0.2) is 69.9 Å². The summed E-state index contributed by atoms with van der Waals surface area (Å²) in [4.78, 5) is 7.20. The van der Waals surface area contributed by atoms with Gasteiger partial charge in [-0.05, 0) is 44.0 Å². The second kappa shape index (κ2) is 16.9. The van der Waals surface area contributed by atoms with Crippen molar-refractivity contribution < 1.29 is 13.9 Å². The van der Waals surface area contributed by atoms with Crippen molar-refractivity contribution in [1.29, 1.82) is 0 Å². The predicted molar refractivity (Wildman–Crippen MR) is 143 cm³/mol. The number of aliphatic imine (C=N–C) groups is 1. The first-order chi connectivity index (χ1) is 15.8. The second-order valence-electron chi connectivity index (χ2n) is 8.00. The number of morpholine rings is 1. The van der Waals surface area contributed by atoms with Gasteiger partial charge >= 0.3 is 0 Å². The molecule has 1 fully saturated rings. The van der Waals surface area contributed by atoms with Crippen molar-refractivity contribution >= 4 is 29.9 Å². The summed E-state index contributed by atoms with van der Waals surface area (Å²) in [5.41, 5.74) is 1.21. The second-order valence-corrected chi connectivity index (χ2v) is 8.00. The molecule has 1 saturated heterocycles. The normalized spacial score (nSPS) is 15.6. The zero-order valence-corrected chi connectivity index (χ0v) is 22.0. The van der Waals surface area contributed by atoms with E-state index < -0.39 is 0 Å². The predicted octanol–water partition coefficient (Wildman–Crippen LogP) is 3.87. The number of rotatable bonds is 13. The van der Waals surface area contributed by atoms with Gasteiger partial charge in [-0.1, -0.05) is 30.3 Å². The van der Waals surface area contributed by atoms with Gasteiger partial charge in [0, 0.05) is 45.8 Å². The van der Waals surface area contributed by atoms with E-state index in [0.717, 1.165) is 83.5 Å². The molecule has 2 aromatic rings. The van der Waals surface area contributed by atoms with Crippen molar-refractivity contribution in [3.63, 3.8) is 0 Å². The minimum absolute atomic E-state index is 0. The Bertz CT molecular complexity index is 752. The number of nitrogens with zero attached hydrogens (tertiary/aromatic N) is 2. The molecule has 0 bridgehead atoms. The molecule has 7 nitrogen and oxygen atoms in total. The lowest BCUT2D eigenvalue weighted by Crippen LogP contribution is -2.41. The van der Waals surface area contributed by atoms with E-state index in [1.807, 2.05) is 30.3 Å². The number of ether oxygens (including phenoxy) is 2. The lowest BCUT2D eigenvalue weighted by molar-refractivity contribution is 0.0376. The third-order valence-corrected chi connectivity index (χ3v) is 5.50. The molecule has 184 valence electrons. The fourth-order valence-corrected chi connectivity index (χ4v) is 3.60. The maximum atomic E-state index is 5.97. The van der Waals surface area contributed by atoms with Crippen LogP contribution in [0.4, 0.5) is 0 Å². The number of nitrogens with one attached hydrogen (secondary N) is 2. The molecule has 0 radical (unpaired) electrons. The highest BCUT2D eigenvalue weighted by Crippen LogP contribution is 2.15. The molecule has 2 heterocycles. The van der Waals surface area contributed by atoms with Crippen molar-refractivity contribution in [2.24, 2.45) is 4.99 Å². The zero-order valence-electron chi connectivity index (χ0n) is 19.7. The Labute approximate surface area is 215 Å². The van der Waals surface area contributed by atoms with Crippen LogP contribution in [0.15, 0.2) is 58.1 Å². The first-order valence-electron chi connectivity index (χ1n) is 11.8. The van der Waals surface area contributed by atoms with Gasteiger partial charge in [0.05, 0.1) is 25.6 Å². The van der Waals surface area contributed by atoms with E-state index >= 15 is 0 Å². The summed E-state index contributed by atoms with van der Waals surface area (Å²) in [6.07, 6.45) is 4.61. The summed E-state index contributed by atoms with van der Waals surface area (Å²) in [5, 5.41) is 6.90. The molecule has 1 aliphatic rings. The van der Waals surface area contributed by atoms with Gasteiger partial charge in [0.2, 0.25) is 0 Å². The van der Waals surface area contributed by atoms with Crippen LogP contribution in [0.25, 0.3) is 0 Å². The molecular formula is C25H39IN4O3. The summed E-state index contributed by atoms with van der Waals surface area (Å²) >= 11 is 0. The summed E-state index contributed by atoms with van der Waals surface area (Å²) in [5.74, 6) is 1.84. The number of halogens is 1. The van der Waals surface area contributed by atoms with Crippen LogP contribution in [0, 0.1) is 0 Å². The Morgan fingerprint density at radius 3 is 2.61 bits per heavy atom. The van der Waals surface area contributed by atoms with E-state index in [1.165, 1.54) is 5.56 Å². The highest BCUT2D eigenvalue weighted by molar-refractivity contribution is 14.0. The van der Waals surface area contributed by atoms with E-state index in [2.05, 4.69) is 34.6 Å². The van der Waals surface area contributed by atoms with Gasteiger partial charge in [-0.25, -0.2) is 0 Å². The van der Waals surface area contributed by atoms with Gasteiger partial charge < -0.3 is 24.5 Å². The van der Waals surface area contributed by atoms with Gasteiger partial charge in [0.1, 0.15) is 5.76 Å². The summed E-state index contributed by atoms with van der Waals surface area (Å²) in [6.45, 7) is 10.0. The Hall–Kier alpha value is -1.62. The van der Waals surface area contributed by atoms with Crippen molar-refractivity contribution in [3.05, 3.63) is 60.1 Å². The summed E-state index contributed by atoms with van der Waals surface area (Å²) in [7, 11) is 0. The summed E-state index contributed by atoms with van der Waals surface area (Å²) in [6, 6.07) is 14.2. The smallest absolute Gasteiger partial charge is 0.191 e. The fourth-order valence-electron chi connectivity index (χ4n) is 3.60. The van der Waals surface area contributed by atoms with Crippen LogP contribution in [0.2, 0.25) is 0 Å². The van der Waals surface area contributed by atoms with Crippen LogP contribution in [0.1, 0.15) is 37.2 Å². The highest BCUT2D eigenvalue weighted by atomic mass is 127. The number of benzene rings is 1. The molecule has 2 N–H and O–H groups in total. The standard InChI is InChI=1S/C25H38N4O3.HI/c1-22(23-8-3-2-4-9-23)31-19-7-13-27-25(28-14-11-24-10-5-18-32-24)26-12-6-15-29-16-20-30-21-17-29;/h2-5,8-10,18,22H,6-7,11-17,19-21H2,1H3,(H2,26,27,28);1H. The number of furan rings is 1. The third kappa shape index (κ3) is 11.4. The van der Waals surface area contributed by atoms with Gasteiger partial charge in [0.15, 0.2) is 5.96 Å². The Balaban J connectivity index is 0.00000385. The van der Waals surface area contributed by atoms with E-state index in [1.54, 1.807) is 6.26 Å². The van der Waals surface area contributed by atoms with Crippen LogP contribution in [-0.2, 0) is 15.9 Å². The molecule has 1 aromatic heterocycles. The molecule has 0 saturated carbocycles. The van der Waals surface area contributed by atoms with E-state index in [-0.39, 0.29) is 30.1 Å². The van der Waals surface area contributed by atoms with E-state index in [4.69, 9.17) is 18.9 Å². The molecule has 33 heavy (non-hydrogen) atoms. The lowest BCUT2D eigenvalue weighted by Gasteiger charge is -2.26. The van der Waals surface area contributed by atoms with Crippen LogP contribution in [0.5, 0.6) is 0 Å². The average Bonchev–Trinajstić information content (AvgIpc) is 3.36. The lowest BCUT2D eigenvalue weighted by atomic mass is 10.1. The van der Waals surface area contributed by atoms with Crippen molar-refractivity contribution in [1.82, 2.24) is 15.5 Å². The first kappa shape index (κ1) is 27.6. The quantitative estimate of drug-likeness (QED) is 0.165. The number of hydrogen-bond acceptors (Lipinski definition) is 5. The van der Waals surface area contributed by atoms with Gasteiger partial charge in [0.25, 0.3) is 0 Å². The molecule has 1 atom stereocenters. The fraction of sp³-hybridized carbons (Fsp3) is 0.560. The SMILES string of the molecule is CC(OCCCN=C(NCCCN1CCOCC1)NCCc1ccco1)c1ccccc1.I. The Kier molecular flexibility index (Phi) is 14.2. The zero-order chi connectivity index (χ0) is 22.3. The van der Waals surface area contributed by atoms with E-state index in [0.29, 0.717) is 6.61 Å². The van der Waals surface area contributed by atoms with Crippen LogP contribution >= 0.6 is 24.0 Å². The largest absolute Gasteiger partial charge is 0.469 e. The van der Waals surface area contributed by atoms with Crippen molar-refractivity contribution in [3.8, 4) is 0 Å². The number of guanidine groups is 1. The van der Waals surface area contributed by atoms with Gasteiger partial charge in [-0.15, -0.1) is 24.0 Å². The molecule has 0 aliphatic carbocycles. The maximum absolute atomic E-state index is 5.97. The average molecular weight is 571 g/mol. The Morgan fingerprint density at radius 1 is 1.06 bits per heavy atom. The van der Waals surface area contributed by atoms with Gasteiger partial charge in [-0.3, -0.25) is 9.89 Å². The van der Waals surface area contributed by atoms with Crippen molar-refractivity contribution in [2.75, 3.05) is 59.1 Å². The van der Waals surface area contributed by atoms with E-state index in [9.17, 15) is 0 Å². The monoisotopic (exact) mass is 570 g/mol. The van der Waals surface area contributed by atoms with Crippen LogP contribution in [0.3, 0.4) is 0 Å². The Morgan fingerprint density at radius 2 is 1.85 bits per heavy atom. The molecule has 3 rings (SSSR count).